The summed E-state index contributed by atoms with van der Waals surface area (Å²) in [4.78, 5) is 4.01. The molecule has 0 saturated heterocycles. The minimum atomic E-state index is -3.71. The summed E-state index contributed by atoms with van der Waals surface area (Å²) in [6, 6.07) is 14.0. The van der Waals surface area contributed by atoms with Crippen molar-refractivity contribution in [1.82, 2.24) is 0 Å². The summed E-state index contributed by atoms with van der Waals surface area (Å²) in [6.07, 6.45) is 5.38. The van der Waals surface area contributed by atoms with Crippen LogP contribution in [0, 0.1) is 5.92 Å². The molecule has 0 fully saturated rings. The van der Waals surface area contributed by atoms with Crippen molar-refractivity contribution in [3.8, 4) is 9.75 Å². The van der Waals surface area contributed by atoms with Crippen molar-refractivity contribution in [1.29, 1.82) is 0 Å². The normalized spacial score (nSPS) is 23.3. The second kappa shape index (κ2) is 6.81. The molecule has 1 aromatic carbocycles. The molecule has 28 heavy (non-hydrogen) atoms. The van der Waals surface area contributed by atoms with Crippen LogP contribution in [-0.4, -0.2) is 8.42 Å². The summed E-state index contributed by atoms with van der Waals surface area (Å²) in [6.45, 7) is 0. The Hall–Kier alpha value is -1.45. The third-order valence-electron chi connectivity index (χ3n) is 5.41. The van der Waals surface area contributed by atoms with Gasteiger partial charge in [0.15, 0.2) is 0 Å². The molecular weight excluding hydrogens is 476 g/mol. The van der Waals surface area contributed by atoms with E-state index in [1.54, 1.807) is 23.5 Å². The summed E-state index contributed by atoms with van der Waals surface area (Å²) in [5.41, 5.74) is 2.00. The summed E-state index contributed by atoms with van der Waals surface area (Å²) in [7, 11) is -3.71. The molecule has 2 aromatic heterocycles. The van der Waals surface area contributed by atoms with E-state index in [4.69, 9.17) is 5.14 Å². The van der Waals surface area contributed by atoms with Crippen LogP contribution in [0.5, 0.6) is 0 Å². The van der Waals surface area contributed by atoms with E-state index in [1.165, 1.54) is 14.6 Å². The zero-order valence-corrected chi connectivity index (χ0v) is 18.7. The maximum Gasteiger partial charge on any atom is 0.238 e. The number of allylic oxidation sites excluding steroid dienone is 2. The van der Waals surface area contributed by atoms with Gasteiger partial charge in [0.2, 0.25) is 10.0 Å². The number of hydrogen-bond donors (Lipinski definition) is 2. The monoisotopic (exact) mass is 492 g/mol. The van der Waals surface area contributed by atoms with E-state index >= 15 is 0 Å². The van der Waals surface area contributed by atoms with Crippen molar-refractivity contribution in [3.63, 3.8) is 0 Å². The van der Waals surface area contributed by atoms with E-state index in [2.05, 4.69) is 57.7 Å². The number of benzene rings is 1. The highest BCUT2D eigenvalue weighted by molar-refractivity contribution is 9.11. The first-order valence-electron chi connectivity index (χ1n) is 8.85. The highest BCUT2D eigenvalue weighted by Crippen LogP contribution is 2.51. The second-order valence-corrected chi connectivity index (χ2v) is 12.2. The van der Waals surface area contributed by atoms with E-state index in [0.29, 0.717) is 5.92 Å². The molecule has 5 rings (SSSR count). The standard InChI is InChI=1S/C20H17BrN2O2S3/c21-19-9-8-17(27-19)16-6-7-18(26-16)20-13-3-1-2-12(13)14-10-11(28(22,24)25)4-5-15(14)23-20/h1-2,4-10,12-13,20,23H,3H2,(H2,22,24,25)/t12-,13+,20+/m0/s1. The van der Waals surface area contributed by atoms with Gasteiger partial charge in [0.25, 0.3) is 0 Å². The Morgan fingerprint density at radius 2 is 1.86 bits per heavy atom. The number of rotatable bonds is 3. The van der Waals surface area contributed by atoms with Gasteiger partial charge in [0, 0.05) is 26.2 Å². The van der Waals surface area contributed by atoms with Gasteiger partial charge in [0.05, 0.1) is 14.7 Å². The first-order valence-corrected chi connectivity index (χ1v) is 12.8. The Balaban J connectivity index is 1.53. The van der Waals surface area contributed by atoms with E-state index < -0.39 is 10.0 Å². The Morgan fingerprint density at radius 1 is 1.07 bits per heavy atom. The zero-order chi connectivity index (χ0) is 19.5. The Bertz CT molecular complexity index is 1200. The lowest BCUT2D eigenvalue weighted by atomic mass is 9.79. The van der Waals surface area contributed by atoms with E-state index in [-0.39, 0.29) is 16.9 Å². The molecule has 2 aliphatic rings. The molecule has 1 aliphatic carbocycles. The number of halogens is 1. The molecule has 1 aliphatic heterocycles. The van der Waals surface area contributed by atoms with Gasteiger partial charge >= 0.3 is 0 Å². The SMILES string of the molecule is NS(=O)(=O)c1ccc2c(c1)[C@H]1C=CC[C@H]1[C@H](c1ccc(-c3ccc(Br)s3)s1)N2. The number of thiophene rings is 2. The van der Waals surface area contributed by atoms with Crippen LogP contribution >= 0.6 is 38.6 Å². The van der Waals surface area contributed by atoms with Crippen molar-refractivity contribution < 1.29 is 8.42 Å². The summed E-state index contributed by atoms with van der Waals surface area (Å²) >= 11 is 7.10. The molecule has 3 N–H and O–H groups in total. The number of hydrogen-bond acceptors (Lipinski definition) is 5. The van der Waals surface area contributed by atoms with Crippen LogP contribution < -0.4 is 10.5 Å². The molecule has 0 amide bonds. The first kappa shape index (κ1) is 18.6. The Morgan fingerprint density at radius 3 is 2.61 bits per heavy atom. The maximum atomic E-state index is 11.8. The molecule has 4 nitrogen and oxygen atoms in total. The predicted molar refractivity (Wildman–Crippen MR) is 119 cm³/mol. The molecule has 8 heteroatoms. The predicted octanol–water partition coefficient (Wildman–Crippen LogP) is 5.71. The molecule has 0 bridgehead atoms. The molecule has 3 aromatic rings. The van der Waals surface area contributed by atoms with E-state index in [9.17, 15) is 8.42 Å². The lowest BCUT2D eigenvalue weighted by Gasteiger charge is -2.37. The van der Waals surface area contributed by atoms with Crippen molar-refractivity contribution in [3.05, 3.63) is 68.8 Å². The smallest absolute Gasteiger partial charge is 0.238 e. The van der Waals surface area contributed by atoms with Crippen LogP contribution in [0.1, 0.15) is 28.8 Å². The molecular formula is C20H17BrN2O2S3. The van der Waals surface area contributed by atoms with Gasteiger partial charge in [-0.2, -0.15) is 0 Å². The molecule has 144 valence electrons. The quantitative estimate of drug-likeness (QED) is 0.459. The van der Waals surface area contributed by atoms with Crippen LogP contribution in [-0.2, 0) is 10.0 Å². The average molecular weight is 493 g/mol. The molecule has 3 atom stereocenters. The largest absolute Gasteiger partial charge is 0.377 e. The van der Waals surface area contributed by atoms with Gasteiger partial charge < -0.3 is 5.32 Å². The zero-order valence-electron chi connectivity index (χ0n) is 14.6. The van der Waals surface area contributed by atoms with Gasteiger partial charge in [-0.3, -0.25) is 0 Å². The highest BCUT2D eigenvalue weighted by atomic mass is 79.9. The number of sulfonamides is 1. The summed E-state index contributed by atoms with van der Waals surface area (Å²) < 4.78 is 24.7. The summed E-state index contributed by atoms with van der Waals surface area (Å²) in [5.74, 6) is 0.564. The highest BCUT2D eigenvalue weighted by Gasteiger charge is 2.39. The topological polar surface area (TPSA) is 72.2 Å². The van der Waals surface area contributed by atoms with Gasteiger partial charge in [-0.05, 0) is 76.3 Å². The number of primary sulfonamides is 1. The van der Waals surface area contributed by atoms with E-state index in [1.807, 2.05) is 17.4 Å². The molecule has 0 spiro atoms. The van der Waals surface area contributed by atoms with Crippen molar-refractivity contribution in [2.45, 2.75) is 23.3 Å². The number of nitrogens with two attached hydrogens (primary N) is 1. The van der Waals surface area contributed by atoms with Crippen molar-refractivity contribution in [2.75, 3.05) is 5.32 Å². The minimum Gasteiger partial charge on any atom is -0.377 e. The Labute approximate surface area is 180 Å². The van der Waals surface area contributed by atoms with Gasteiger partial charge in [-0.15, -0.1) is 22.7 Å². The van der Waals surface area contributed by atoms with Crippen LogP contribution in [0.2, 0.25) is 0 Å². The minimum absolute atomic E-state index is 0.173. The van der Waals surface area contributed by atoms with Crippen molar-refractivity contribution in [2.24, 2.45) is 11.1 Å². The average Bonchev–Trinajstić information content (AvgIpc) is 3.40. The third-order valence-corrected chi connectivity index (χ3v) is 9.31. The lowest BCUT2D eigenvalue weighted by molar-refractivity contribution is 0.429. The fraction of sp³-hybridized carbons (Fsp3) is 0.200. The maximum absolute atomic E-state index is 11.8. The van der Waals surface area contributed by atoms with E-state index in [0.717, 1.165) is 21.5 Å². The molecule has 0 unspecified atom stereocenters. The molecule has 0 saturated carbocycles. The van der Waals surface area contributed by atoms with Gasteiger partial charge in [-0.25, -0.2) is 13.6 Å². The second-order valence-electron chi connectivity index (χ2n) is 7.08. The fourth-order valence-electron chi connectivity index (χ4n) is 4.13. The molecule has 3 heterocycles. The van der Waals surface area contributed by atoms with Crippen LogP contribution in [0.3, 0.4) is 0 Å². The van der Waals surface area contributed by atoms with Gasteiger partial charge in [0.1, 0.15) is 0 Å². The number of anilines is 1. The van der Waals surface area contributed by atoms with Crippen LogP contribution in [0.4, 0.5) is 5.69 Å². The van der Waals surface area contributed by atoms with Crippen LogP contribution in [0.25, 0.3) is 9.75 Å². The molecule has 0 radical (unpaired) electrons. The van der Waals surface area contributed by atoms with Gasteiger partial charge in [-0.1, -0.05) is 12.2 Å². The number of fused-ring (bicyclic) bond motifs is 3. The number of nitrogens with one attached hydrogen (secondary N) is 1. The van der Waals surface area contributed by atoms with Crippen LogP contribution in [0.15, 0.2) is 63.3 Å². The third kappa shape index (κ3) is 3.17. The summed E-state index contributed by atoms with van der Waals surface area (Å²) in [5, 5.41) is 9.00. The first-order chi connectivity index (χ1) is 13.4. The fourth-order valence-corrected chi connectivity index (χ4v) is 7.29. The van der Waals surface area contributed by atoms with Crippen molar-refractivity contribution >= 4 is 54.3 Å². The Kier molecular flexibility index (Phi) is 4.52. The lowest BCUT2D eigenvalue weighted by Crippen LogP contribution is -2.28.